The minimum absolute atomic E-state index is 0.00732. The lowest BCUT2D eigenvalue weighted by Crippen LogP contribution is -2.37. The lowest BCUT2D eigenvalue weighted by molar-refractivity contribution is 0.0962. The molecule has 9 heteroatoms. The van der Waals surface area contributed by atoms with E-state index in [1.54, 1.807) is 25.0 Å². The van der Waals surface area contributed by atoms with Gasteiger partial charge in [0.05, 0.1) is 51.3 Å². The van der Waals surface area contributed by atoms with Crippen molar-refractivity contribution in [2.75, 3.05) is 58.1 Å². The van der Waals surface area contributed by atoms with E-state index in [0.29, 0.717) is 49.8 Å². The van der Waals surface area contributed by atoms with Crippen molar-refractivity contribution in [2.24, 2.45) is 0 Å². The topological polar surface area (TPSA) is 84.3 Å². The summed E-state index contributed by atoms with van der Waals surface area (Å²) in [6.07, 6.45) is 0. The third-order valence-corrected chi connectivity index (χ3v) is 6.70. The molecule has 0 spiro atoms. The van der Waals surface area contributed by atoms with Crippen LogP contribution in [0.5, 0.6) is 17.2 Å². The summed E-state index contributed by atoms with van der Waals surface area (Å²) in [5, 5.41) is 8.66. The summed E-state index contributed by atoms with van der Waals surface area (Å²) in [7, 11) is 1.65. The van der Waals surface area contributed by atoms with Gasteiger partial charge in [0, 0.05) is 25.2 Å². The summed E-state index contributed by atoms with van der Waals surface area (Å²) in [5.41, 5.74) is 3.12. The van der Waals surface area contributed by atoms with Crippen LogP contribution in [0.15, 0.2) is 18.2 Å². The van der Waals surface area contributed by atoms with Gasteiger partial charge in [0.2, 0.25) is 0 Å². The first kappa shape index (κ1) is 26.7. The van der Waals surface area contributed by atoms with E-state index in [9.17, 15) is 4.79 Å². The van der Waals surface area contributed by atoms with E-state index >= 15 is 4.39 Å². The first-order valence-electron chi connectivity index (χ1n) is 12.8. The number of nitrogens with one attached hydrogen (secondary N) is 1. The predicted molar refractivity (Wildman–Crippen MR) is 140 cm³/mol. The van der Waals surface area contributed by atoms with Crippen LogP contribution in [0.2, 0.25) is 0 Å². The summed E-state index contributed by atoms with van der Waals surface area (Å²) in [6, 6.07) is 5.46. The van der Waals surface area contributed by atoms with Crippen LogP contribution in [0.4, 0.5) is 10.1 Å². The molecule has 8 nitrogen and oxygen atoms in total. The molecule has 1 saturated heterocycles. The molecule has 37 heavy (non-hydrogen) atoms. The van der Waals surface area contributed by atoms with Crippen LogP contribution in [0, 0.1) is 11.2 Å². The van der Waals surface area contributed by atoms with Crippen molar-refractivity contribution < 1.29 is 28.1 Å². The number of amidine groups is 1. The lowest BCUT2D eigenvalue weighted by atomic mass is 9.96. The zero-order valence-corrected chi connectivity index (χ0v) is 22.3. The molecule has 0 saturated carbocycles. The Morgan fingerprint density at radius 1 is 1.11 bits per heavy atom. The van der Waals surface area contributed by atoms with E-state index in [1.165, 1.54) is 0 Å². The third-order valence-electron chi connectivity index (χ3n) is 6.70. The van der Waals surface area contributed by atoms with Gasteiger partial charge in [-0.2, -0.15) is 0 Å². The lowest BCUT2D eigenvalue weighted by Gasteiger charge is -2.31. The Morgan fingerprint density at radius 2 is 1.81 bits per heavy atom. The second-order valence-electron chi connectivity index (χ2n) is 9.42. The van der Waals surface area contributed by atoms with Crippen molar-refractivity contribution in [1.82, 2.24) is 4.90 Å². The summed E-state index contributed by atoms with van der Waals surface area (Å²) < 4.78 is 37.8. The number of methoxy groups -OCH3 is 1. The van der Waals surface area contributed by atoms with E-state index in [2.05, 4.69) is 18.7 Å². The van der Waals surface area contributed by atoms with Crippen molar-refractivity contribution in [3.05, 3.63) is 46.3 Å². The Morgan fingerprint density at radius 3 is 2.43 bits per heavy atom. The predicted octanol–water partition coefficient (Wildman–Crippen LogP) is 4.62. The number of hydrogen-bond donors (Lipinski definition) is 1. The number of anilines is 1. The van der Waals surface area contributed by atoms with Crippen molar-refractivity contribution in [3.63, 3.8) is 0 Å². The minimum atomic E-state index is -0.621. The SMILES string of the molecule is CCOc1cc2c(c(F)c1OCC)C(=N)N(CC(=O)c1cc(C(C)C)c(OC)c(N3CCOCC3)c1)C2. The first-order chi connectivity index (χ1) is 17.8. The van der Waals surface area contributed by atoms with Gasteiger partial charge in [-0.05, 0) is 49.1 Å². The molecular formula is C28H36FN3O5. The van der Waals surface area contributed by atoms with Crippen LogP contribution < -0.4 is 19.1 Å². The largest absolute Gasteiger partial charge is 0.494 e. The number of carbonyl (C=O) groups is 1. The van der Waals surface area contributed by atoms with Crippen LogP contribution in [-0.2, 0) is 11.3 Å². The van der Waals surface area contributed by atoms with Crippen LogP contribution in [0.25, 0.3) is 0 Å². The molecule has 200 valence electrons. The van der Waals surface area contributed by atoms with Gasteiger partial charge in [-0.25, -0.2) is 4.39 Å². The Labute approximate surface area is 217 Å². The van der Waals surface area contributed by atoms with Crippen molar-refractivity contribution in [3.8, 4) is 17.2 Å². The highest BCUT2D eigenvalue weighted by molar-refractivity contribution is 6.06. The molecule has 0 radical (unpaired) electrons. The highest BCUT2D eigenvalue weighted by Crippen LogP contribution is 2.40. The molecular weight excluding hydrogens is 477 g/mol. The fourth-order valence-electron chi connectivity index (χ4n) is 4.91. The normalized spacial score (nSPS) is 15.3. The number of fused-ring (bicyclic) bond motifs is 1. The second-order valence-corrected chi connectivity index (χ2v) is 9.42. The van der Waals surface area contributed by atoms with Crippen LogP contribution in [0.1, 0.15) is 60.7 Å². The van der Waals surface area contributed by atoms with E-state index in [4.69, 9.17) is 24.4 Å². The number of halogens is 1. The Balaban J connectivity index is 1.64. The summed E-state index contributed by atoms with van der Waals surface area (Å²) in [5.74, 6) is 0.428. The quantitative estimate of drug-likeness (QED) is 0.464. The molecule has 0 unspecified atom stereocenters. The van der Waals surface area contributed by atoms with Gasteiger partial charge in [-0.3, -0.25) is 10.2 Å². The van der Waals surface area contributed by atoms with E-state index < -0.39 is 5.82 Å². The highest BCUT2D eigenvalue weighted by atomic mass is 19.1. The summed E-state index contributed by atoms with van der Waals surface area (Å²) in [6.45, 7) is 11.2. The molecule has 4 rings (SSSR count). The smallest absolute Gasteiger partial charge is 0.197 e. The number of carbonyl (C=O) groups excluding carboxylic acids is 1. The van der Waals surface area contributed by atoms with Crippen LogP contribution in [0.3, 0.4) is 0 Å². The maximum Gasteiger partial charge on any atom is 0.197 e. The van der Waals surface area contributed by atoms with Gasteiger partial charge in [0.15, 0.2) is 23.1 Å². The first-order valence-corrected chi connectivity index (χ1v) is 12.8. The Bertz CT molecular complexity index is 1180. The zero-order valence-electron chi connectivity index (χ0n) is 22.3. The molecule has 0 bridgehead atoms. The number of rotatable bonds is 10. The second kappa shape index (κ2) is 11.4. The molecule has 2 aliphatic heterocycles. The van der Waals surface area contributed by atoms with Crippen LogP contribution in [-0.4, -0.2) is 69.7 Å². The molecule has 1 N–H and O–H groups in total. The molecule has 0 atom stereocenters. The van der Waals surface area contributed by atoms with Gasteiger partial charge in [-0.1, -0.05) is 13.8 Å². The molecule has 0 aliphatic carbocycles. The minimum Gasteiger partial charge on any atom is -0.494 e. The van der Waals surface area contributed by atoms with E-state index in [-0.39, 0.29) is 48.5 Å². The number of ether oxygens (including phenoxy) is 4. The number of ketones is 1. The van der Waals surface area contributed by atoms with E-state index in [1.807, 2.05) is 19.1 Å². The molecule has 2 aromatic rings. The third kappa shape index (κ3) is 5.23. The van der Waals surface area contributed by atoms with Crippen molar-refractivity contribution in [2.45, 2.75) is 40.2 Å². The van der Waals surface area contributed by atoms with Crippen molar-refractivity contribution in [1.29, 1.82) is 5.41 Å². The number of Topliss-reactive ketones (excluding diaryl/α,β-unsaturated/α-hetero) is 1. The molecule has 1 fully saturated rings. The fraction of sp³-hybridized carbons (Fsp3) is 0.500. The number of morpholine rings is 1. The van der Waals surface area contributed by atoms with Crippen LogP contribution >= 0.6 is 0 Å². The maximum absolute atomic E-state index is 15.4. The standard InChI is InChI=1S/C28H36FN3O5/c1-6-36-23-14-19-15-32(28(30)24(19)25(29)27(23)37-7-2)16-22(33)18-12-20(17(3)4)26(34-5)21(13-18)31-8-10-35-11-9-31/h12-14,17,30H,6-11,15-16H2,1-5H3. The van der Waals surface area contributed by atoms with Crippen molar-refractivity contribution >= 4 is 17.3 Å². The average molecular weight is 514 g/mol. The number of hydrogen-bond acceptors (Lipinski definition) is 7. The maximum atomic E-state index is 15.4. The Hall–Kier alpha value is -3.33. The molecule has 0 amide bonds. The highest BCUT2D eigenvalue weighted by Gasteiger charge is 2.33. The number of benzene rings is 2. The average Bonchev–Trinajstić information content (AvgIpc) is 3.20. The van der Waals surface area contributed by atoms with Gasteiger partial charge in [0.25, 0.3) is 0 Å². The molecule has 2 aromatic carbocycles. The van der Waals surface area contributed by atoms with Gasteiger partial charge >= 0.3 is 0 Å². The fourth-order valence-corrected chi connectivity index (χ4v) is 4.91. The monoisotopic (exact) mass is 513 g/mol. The zero-order chi connectivity index (χ0) is 26.7. The Kier molecular flexibility index (Phi) is 8.22. The van der Waals surface area contributed by atoms with Gasteiger partial charge < -0.3 is 28.7 Å². The number of nitrogens with zero attached hydrogens (tertiary/aromatic N) is 2. The molecule has 0 aromatic heterocycles. The summed E-state index contributed by atoms with van der Waals surface area (Å²) in [4.78, 5) is 17.3. The van der Waals surface area contributed by atoms with Gasteiger partial charge in [0.1, 0.15) is 11.6 Å². The summed E-state index contributed by atoms with van der Waals surface area (Å²) >= 11 is 0. The molecule has 2 heterocycles. The van der Waals surface area contributed by atoms with Gasteiger partial charge in [-0.15, -0.1) is 0 Å². The molecule has 2 aliphatic rings. The van der Waals surface area contributed by atoms with E-state index in [0.717, 1.165) is 17.0 Å².